The molecule has 0 fully saturated rings. The molecule has 1 aliphatic carbocycles. The molecule has 0 bridgehead atoms. The van der Waals surface area contributed by atoms with Crippen LogP contribution in [0.4, 0.5) is 0 Å². The van der Waals surface area contributed by atoms with Crippen molar-refractivity contribution in [3.05, 3.63) is 179 Å². The van der Waals surface area contributed by atoms with Crippen molar-refractivity contribution in [3.63, 3.8) is 0 Å². The Balaban J connectivity index is 1.08. The van der Waals surface area contributed by atoms with E-state index >= 15 is 0 Å². The molecule has 0 aliphatic heterocycles. The van der Waals surface area contributed by atoms with E-state index < -0.39 is 0 Å². The van der Waals surface area contributed by atoms with Crippen LogP contribution in [0.5, 0.6) is 0 Å². The molecule has 6 heteroatoms. The van der Waals surface area contributed by atoms with E-state index in [0.29, 0.717) is 11.6 Å². The van der Waals surface area contributed by atoms with Crippen LogP contribution >= 0.6 is 11.3 Å². The number of hydrogen-bond acceptors (Lipinski definition) is 5. The summed E-state index contributed by atoms with van der Waals surface area (Å²) in [4.78, 5) is 15.3. The van der Waals surface area contributed by atoms with Gasteiger partial charge in [-0.05, 0) is 47.9 Å². The number of nitrogens with zero attached hydrogens (tertiary/aromatic N) is 4. The van der Waals surface area contributed by atoms with Gasteiger partial charge in [-0.2, -0.15) is 0 Å². The van der Waals surface area contributed by atoms with Gasteiger partial charge in [0.15, 0.2) is 23.1 Å². The summed E-state index contributed by atoms with van der Waals surface area (Å²) in [5.41, 5.74) is 10.5. The first-order valence-electron chi connectivity index (χ1n) is 19.3. The third kappa shape index (κ3) is 4.97. The summed E-state index contributed by atoms with van der Waals surface area (Å²) in [5, 5.41) is 7.15. The number of benzene rings is 7. The van der Waals surface area contributed by atoms with Gasteiger partial charge in [0.2, 0.25) is 0 Å². The van der Waals surface area contributed by atoms with Crippen LogP contribution in [-0.4, -0.2) is 19.5 Å². The molecular formula is C51H32N4OS. The molecule has 0 saturated heterocycles. The van der Waals surface area contributed by atoms with Crippen molar-refractivity contribution >= 4 is 76.8 Å². The molecule has 0 radical (unpaired) electrons. The smallest absolute Gasteiger partial charge is 0.164 e. The van der Waals surface area contributed by atoms with Crippen molar-refractivity contribution in [2.24, 2.45) is 0 Å². The minimum atomic E-state index is 0.682. The minimum Gasteiger partial charge on any atom is -0.453 e. The van der Waals surface area contributed by atoms with Gasteiger partial charge in [0.1, 0.15) is 5.58 Å². The van der Waals surface area contributed by atoms with Crippen molar-refractivity contribution in [3.8, 4) is 39.6 Å². The Kier molecular flexibility index (Phi) is 7.16. The molecule has 1 aliphatic rings. The number of thiophene rings is 1. The average Bonchev–Trinajstić information content (AvgIpc) is 3.97. The van der Waals surface area contributed by atoms with E-state index in [1.807, 2.05) is 47.7 Å². The Labute approximate surface area is 331 Å². The zero-order valence-electron chi connectivity index (χ0n) is 30.7. The summed E-state index contributed by atoms with van der Waals surface area (Å²) in [6.07, 6.45) is 4.15. The standard InChI is InChI=1S/C51H32N4OS/c1-3-15-31(16-4-1)49-52-50(32-17-5-2-6-18-32)54-51(53-49)40-26-12-25-39-45-35(21-14-30-44(45)57-48(39)40)36-22-11-23-37-38-24-13-29-43(47(38)56-46(36)37)55-41-27-9-7-19-33(41)34-20-8-10-28-42(34)55/h1-11,13-25,27-30H,12,26H2. The zero-order chi connectivity index (χ0) is 37.5. The maximum Gasteiger partial charge on any atom is 0.164 e. The minimum absolute atomic E-state index is 0.682. The molecule has 0 atom stereocenters. The van der Waals surface area contributed by atoms with Crippen molar-refractivity contribution in [1.82, 2.24) is 19.5 Å². The highest BCUT2D eigenvalue weighted by atomic mass is 32.1. The normalized spacial score (nSPS) is 12.9. The number of furan rings is 1. The van der Waals surface area contributed by atoms with Gasteiger partial charge in [0.25, 0.3) is 0 Å². The Morgan fingerprint density at radius 3 is 1.75 bits per heavy atom. The van der Waals surface area contributed by atoms with Crippen molar-refractivity contribution in [2.45, 2.75) is 12.8 Å². The third-order valence-electron chi connectivity index (χ3n) is 11.4. The van der Waals surface area contributed by atoms with Gasteiger partial charge >= 0.3 is 0 Å². The van der Waals surface area contributed by atoms with E-state index in [-0.39, 0.29) is 0 Å². The fourth-order valence-electron chi connectivity index (χ4n) is 8.82. The molecule has 0 saturated carbocycles. The van der Waals surface area contributed by atoms with Gasteiger partial charge < -0.3 is 8.98 Å². The van der Waals surface area contributed by atoms with Crippen LogP contribution in [0.3, 0.4) is 0 Å². The first-order chi connectivity index (χ1) is 28.3. The van der Waals surface area contributed by atoms with Crippen LogP contribution in [0.1, 0.15) is 18.7 Å². The molecule has 5 nitrogen and oxygen atoms in total. The lowest BCUT2D eigenvalue weighted by Crippen LogP contribution is -2.26. The Morgan fingerprint density at radius 1 is 0.491 bits per heavy atom. The second kappa shape index (κ2) is 12.7. The molecule has 11 aromatic rings. The number of hydrogen-bond donors (Lipinski definition) is 0. The Bertz CT molecular complexity index is 3410. The van der Waals surface area contributed by atoms with Crippen LogP contribution in [0.15, 0.2) is 168 Å². The maximum absolute atomic E-state index is 7.10. The lowest BCUT2D eigenvalue weighted by atomic mass is 9.96. The monoisotopic (exact) mass is 748 g/mol. The molecular weight excluding hydrogens is 717 g/mol. The van der Waals surface area contributed by atoms with Gasteiger partial charge in [-0.3, -0.25) is 0 Å². The van der Waals surface area contributed by atoms with E-state index in [1.165, 1.54) is 30.6 Å². The van der Waals surface area contributed by atoms with Crippen LogP contribution < -0.4 is 9.75 Å². The van der Waals surface area contributed by atoms with Gasteiger partial charge in [-0.15, -0.1) is 11.3 Å². The molecule has 4 heterocycles. The highest BCUT2D eigenvalue weighted by Crippen LogP contribution is 2.42. The van der Waals surface area contributed by atoms with E-state index in [1.54, 1.807) is 0 Å². The van der Waals surface area contributed by atoms with Gasteiger partial charge in [-0.25, -0.2) is 15.0 Å². The van der Waals surface area contributed by atoms with Crippen molar-refractivity contribution in [1.29, 1.82) is 0 Å². The summed E-state index contributed by atoms with van der Waals surface area (Å²) < 4.78 is 11.9. The van der Waals surface area contributed by atoms with Gasteiger partial charge in [0, 0.05) is 58.4 Å². The summed E-state index contributed by atoms with van der Waals surface area (Å²) in [6.45, 7) is 0. The number of aromatic nitrogens is 4. The number of fused-ring (bicyclic) bond motifs is 9. The summed E-state index contributed by atoms with van der Waals surface area (Å²) in [6, 6.07) is 57.4. The molecule has 12 rings (SSSR count). The average molecular weight is 749 g/mol. The molecule has 268 valence electrons. The molecule has 0 unspecified atom stereocenters. The highest BCUT2D eigenvalue weighted by molar-refractivity contribution is 7.17. The van der Waals surface area contributed by atoms with Gasteiger partial charge in [0.05, 0.1) is 16.7 Å². The van der Waals surface area contributed by atoms with Crippen LogP contribution in [0.2, 0.25) is 0 Å². The third-order valence-corrected chi connectivity index (χ3v) is 12.6. The van der Waals surface area contributed by atoms with Gasteiger partial charge in [-0.1, -0.05) is 146 Å². The van der Waals surface area contributed by atoms with Crippen LogP contribution in [0, 0.1) is 0 Å². The topological polar surface area (TPSA) is 56.7 Å². The predicted octanol–water partition coefficient (Wildman–Crippen LogP) is 11.9. The van der Waals surface area contributed by atoms with Crippen LogP contribution in [-0.2, 0) is 0 Å². The fourth-order valence-corrected chi connectivity index (χ4v) is 10.1. The Hall–Kier alpha value is -7.15. The molecule has 7 aromatic carbocycles. The molecule has 57 heavy (non-hydrogen) atoms. The zero-order valence-corrected chi connectivity index (χ0v) is 31.5. The number of para-hydroxylation sites is 4. The molecule has 0 N–H and O–H groups in total. The van der Waals surface area contributed by atoms with E-state index in [2.05, 4.69) is 138 Å². The largest absolute Gasteiger partial charge is 0.453 e. The summed E-state index contributed by atoms with van der Waals surface area (Å²) in [5.74, 6) is 2.10. The lowest BCUT2D eigenvalue weighted by molar-refractivity contribution is 0.667. The van der Waals surface area contributed by atoms with E-state index in [4.69, 9.17) is 19.4 Å². The quantitative estimate of drug-likeness (QED) is 0.176. The van der Waals surface area contributed by atoms with Crippen molar-refractivity contribution in [2.75, 3.05) is 0 Å². The summed E-state index contributed by atoms with van der Waals surface area (Å²) in [7, 11) is 0. The molecule has 0 spiro atoms. The second-order valence-corrected chi connectivity index (χ2v) is 15.6. The van der Waals surface area contributed by atoms with Crippen LogP contribution in [0.25, 0.3) is 105 Å². The second-order valence-electron chi connectivity index (χ2n) is 14.6. The predicted molar refractivity (Wildman–Crippen MR) is 235 cm³/mol. The number of rotatable bonds is 5. The summed E-state index contributed by atoms with van der Waals surface area (Å²) >= 11 is 1.83. The fraction of sp³-hybridized carbons (Fsp3) is 0.0392. The SMILES string of the molecule is C1=c2c(sc3cccc(-c4cccc5c4oc4c(-n6c7ccccc7c7ccccc76)cccc45)c23)=C(c2nc(-c3ccccc3)nc(-c3ccccc3)n2)CC1. The maximum atomic E-state index is 7.10. The molecule has 0 amide bonds. The van der Waals surface area contributed by atoms with E-state index in [0.717, 1.165) is 85.2 Å². The molecule has 4 aromatic heterocycles. The first-order valence-corrected chi connectivity index (χ1v) is 20.2. The van der Waals surface area contributed by atoms with E-state index in [9.17, 15) is 0 Å². The van der Waals surface area contributed by atoms with Crippen molar-refractivity contribution < 1.29 is 4.42 Å². The first kappa shape index (κ1) is 32.1. The lowest BCUT2D eigenvalue weighted by Gasteiger charge is -2.12. The Morgan fingerprint density at radius 2 is 1.05 bits per heavy atom. The highest BCUT2D eigenvalue weighted by Gasteiger charge is 2.22.